The first kappa shape index (κ1) is 12.7. The number of aromatic nitrogens is 2. The number of amides is 1. The number of hydrogen-bond donors (Lipinski definition) is 1. The highest BCUT2D eigenvalue weighted by Crippen LogP contribution is 2.36. The Morgan fingerprint density at radius 1 is 1.42 bits per heavy atom. The van der Waals surface area contributed by atoms with E-state index in [9.17, 15) is 4.79 Å². The van der Waals surface area contributed by atoms with Gasteiger partial charge in [-0.3, -0.25) is 9.48 Å². The molecule has 0 aliphatic carbocycles. The van der Waals surface area contributed by atoms with E-state index in [1.807, 2.05) is 13.1 Å². The minimum absolute atomic E-state index is 0.133. The van der Waals surface area contributed by atoms with Crippen molar-refractivity contribution in [3.8, 4) is 0 Å². The van der Waals surface area contributed by atoms with E-state index < -0.39 is 0 Å². The molecule has 2 atom stereocenters. The minimum Gasteiger partial charge on any atom is -0.331 e. The zero-order chi connectivity index (χ0) is 13.6. The highest BCUT2D eigenvalue weighted by atomic mass is 16.2. The lowest BCUT2D eigenvalue weighted by Crippen LogP contribution is -2.50. The van der Waals surface area contributed by atoms with Gasteiger partial charge in [0.15, 0.2) is 0 Å². The van der Waals surface area contributed by atoms with Gasteiger partial charge in [0.05, 0.1) is 5.69 Å². The third kappa shape index (κ3) is 2.06. The molecule has 0 saturated carbocycles. The summed E-state index contributed by atoms with van der Waals surface area (Å²) in [6, 6.07) is 2.86. The quantitative estimate of drug-likeness (QED) is 0.867. The molecular formula is C14H22N4O. The van der Waals surface area contributed by atoms with Gasteiger partial charge in [-0.15, -0.1) is 0 Å². The zero-order valence-electron chi connectivity index (χ0n) is 11.7. The van der Waals surface area contributed by atoms with Gasteiger partial charge in [-0.25, -0.2) is 0 Å². The van der Waals surface area contributed by atoms with E-state index >= 15 is 0 Å². The molecule has 5 heteroatoms. The van der Waals surface area contributed by atoms with E-state index in [0.29, 0.717) is 17.8 Å². The Kier molecular flexibility index (Phi) is 3.09. The molecule has 2 aliphatic rings. The molecule has 2 unspecified atom stereocenters. The van der Waals surface area contributed by atoms with E-state index in [4.69, 9.17) is 5.73 Å². The van der Waals surface area contributed by atoms with Crippen LogP contribution < -0.4 is 5.73 Å². The molecule has 2 fully saturated rings. The van der Waals surface area contributed by atoms with Crippen molar-refractivity contribution in [1.29, 1.82) is 0 Å². The summed E-state index contributed by atoms with van der Waals surface area (Å²) < 4.78 is 1.72. The van der Waals surface area contributed by atoms with Gasteiger partial charge >= 0.3 is 0 Å². The summed E-state index contributed by atoms with van der Waals surface area (Å²) >= 11 is 0. The van der Waals surface area contributed by atoms with Crippen molar-refractivity contribution in [3.63, 3.8) is 0 Å². The lowest BCUT2D eigenvalue weighted by molar-refractivity contribution is 0.0564. The second-order valence-electron chi connectivity index (χ2n) is 5.83. The van der Waals surface area contributed by atoms with Crippen LogP contribution in [0.3, 0.4) is 0 Å². The molecule has 3 heterocycles. The van der Waals surface area contributed by atoms with Gasteiger partial charge in [0.25, 0.3) is 5.91 Å². The first-order chi connectivity index (χ1) is 9.10. The van der Waals surface area contributed by atoms with Crippen LogP contribution in [0.25, 0.3) is 0 Å². The van der Waals surface area contributed by atoms with Gasteiger partial charge < -0.3 is 10.6 Å². The second kappa shape index (κ2) is 4.63. The van der Waals surface area contributed by atoms with Crippen molar-refractivity contribution < 1.29 is 4.79 Å². The average Bonchev–Trinajstić information content (AvgIpc) is 2.88. The summed E-state index contributed by atoms with van der Waals surface area (Å²) in [5.74, 6) is 0.133. The monoisotopic (exact) mass is 262 g/mol. The molecule has 1 aromatic heterocycles. The summed E-state index contributed by atoms with van der Waals surface area (Å²) in [7, 11) is 1.85. The first-order valence-electron chi connectivity index (χ1n) is 7.21. The summed E-state index contributed by atoms with van der Waals surface area (Å²) in [5, 5.41) is 4.37. The normalized spacial score (nSPS) is 29.8. The lowest BCUT2D eigenvalue weighted by atomic mass is 9.98. The number of fused-ring (bicyclic) bond motifs is 2. The summed E-state index contributed by atoms with van der Waals surface area (Å²) in [5.41, 5.74) is 7.75. The van der Waals surface area contributed by atoms with Crippen LogP contribution >= 0.6 is 0 Å². The summed E-state index contributed by atoms with van der Waals surface area (Å²) in [6.07, 6.45) is 4.95. The maximum absolute atomic E-state index is 12.7. The van der Waals surface area contributed by atoms with E-state index in [2.05, 4.69) is 16.9 Å². The fourth-order valence-corrected chi connectivity index (χ4v) is 3.58. The molecular weight excluding hydrogens is 240 g/mol. The Hall–Kier alpha value is -1.36. The predicted molar refractivity (Wildman–Crippen MR) is 72.8 cm³/mol. The van der Waals surface area contributed by atoms with Crippen LogP contribution in [0, 0.1) is 0 Å². The van der Waals surface area contributed by atoms with Crippen molar-refractivity contribution in [2.24, 2.45) is 12.8 Å². The number of rotatable bonds is 2. The Morgan fingerprint density at radius 2 is 2.05 bits per heavy atom. The van der Waals surface area contributed by atoms with Crippen LogP contribution in [0.15, 0.2) is 6.07 Å². The van der Waals surface area contributed by atoms with E-state index in [1.54, 1.807) is 4.68 Å². The van der Waals surface area contributed by atoms with E-state index in [-0.39, 0.29) is 11.9 Å². The molecule has 0 aromatic carbocycles. The molecule has 0 radical (unpaired) electrons. The molecule has 2 N–H and O–H groups in total. The molecule has 1 amide bonds. The number of nitrogens with zero attached hydrogens (tertiary/aromatic N) is 3. The molecule has 2 saturated heterocycles. The van der Waals surface area contributed by atoms with Gasteiger partial charge in [-0.2, -0.15) is 5.10 Å². The van der Waals surface area contributed by atoms with Crippen molar-refractivity contribution in [1.82, 2.24) is 14.7 Å². The number of aryl methyl sites for hydroxylation is 2. The SMILES string of the molecule is CCc1cc(C(=O)N2C3CCC2CC(N)C3)n(C)n1. The van der Waals surface area contributed by atoms with E-state index in [0.717, 1.165) is 37.8 Å². The Morgan fingerprint density at radius 3 is 2.58 bits per heavy atom. The number of carbonyl (C=O) groups is 1. The van der Waals surface area contributed by atoms with Crippen LogP contribution in [0.5, 0.6) is 0 Å². The number of carbonyl (C=O) groups excluding carboxylic acids is 1. The predicted octanol–water partition coefficient (Wildman–Crippen LogP) is 1.08. The molecule has 3 rings (SSSR count). The molecule has 1 aromatic rings. The van der Waals surface area contributed by atoms with Crippen LogP contribution in [0.1, 0.15) is 48.8 Å². The first-order valence-corrected chi connectivity index (χ1v) is 7.21. The van der Waals surface area contributed by atoms with Gasteiger partial charge in [0, 0.05) is 25.2 Å². The lowest BCUT2D eigenvalue weighted by Gasteiger charge is -2.37. The molecule has 19 heavy (non-hydrogen) atoms. The van der Waals surface area contributed by atoms with Crippen molar-refractivity contribution in [2.45, 2.75) is 57.2 Å². The Labute approximate surface area is 113 Å². The highest BCUT2D eigenvalue weighted by Gasteiger charge is 2.43. The fourth-order valence-electron chi connectivity index (χ4n) is 3.58. The smallest absolute Gasteiger partial charge is 0.272 e. The van der Waals surface area contributed by atoms with Crippen molar-refractivity contribution in [3.05, 3.63) is 17.5 Å². The Balaban J connectivity index is 1.86. The van der Waals surface area contributed by atoms with Crippen LogP contribution in [0.4, 0.5) is 0 Å². The standard InChI is InChI=1S/C14H22N4O/c1-3-10-8-13(17(2)16-10)14(19)18-11-4-5-12(18)7-9(15)6-11/h8-9,11-12H,3-7,15H2,1-2H3. The molecule has 104 valence electrons. The summed E-state index contributed by atoms with van der Waals surface area (Å²) in [6.45, 7) is 2.06. The molecule has 2 aliphatic heterocycles. The topological polar surface area (TPSA) is 64.2 Å². The van der Waals surface area contributed by atoms with Crippen LogP contribution in [-0.2, 0) is 13.5 Å². The maximum Gasteiger partial charge on any atom is 0.272 e. The van der Waals surface area contributed by atoms with Crippen molar-refractivity contribution in [2.75, 3.05) is 0 Å². The number of piperidine rings is 1. The van der Waals surface area contributed by atoms with E-state index in [1.165, 1.54) is 0 Å². The number of hydrogen-bond acceptors (Lipinski definition) is 3. The van der Waals surface area contributed by atoms with Gasteiger partial charge in [-0.05, 0) is 38.2 Å². The largest absolute Gasteiger partial charge is 0.331 e. The van der Waals surface area contributed by atoms with Gasteiger partial charge in [0.1, 0.15) is 5.69 Å². The van der Waals surface area contributed by atoms with Crippen LogP contribution in [0.2, 0.25) is 0 Å². The molecule has 0 spiro atoms. The molecule has 2 bridgehead atoms. The van der Waals surface area contributed by atoms with Gasteiger partial charge in [-0.1, -0.05) is 6.92 Å². The van der Waals surface area contributed by atoms with Gasteiger partial charge in [0.2, 0.25) is 0 Å². The minimum atomic E-state index is 0.133. The fraction of sp³-hybridized carbons (Fsp3) is 0.714. The Bertz CT molecular complexity index is 482. The molecule has 5 nitrogen and oxygen atoms in total. The van der Waals surface area contributed by atoms with Crippen LogP contribution in [-0.4, -0.2) is 38.7 Å². The highest BCUT2D eigenvalue weighted by molar-refractivity contribution is 5.93. The third-order valence-electron chi connectivity index (χ3n) is 4.52. The zero-order valence-corrected chi connectivity index (χ0v) is 11.7. The maximum atomic E-state index is 12.7. The number of nitrogens with two attached hydrogens (primary N) is 1. The third-order valence-corrected chi connectivity index (χ3v) is 4.52. The van der Waals surface area contributed by atoms with Crippen molar-refractivity contribution >= 4 is 5.91 Å². The summed E-state index contributed by atoms with van der Waals surface area (Å²) in [4.78, 5) is 14.8. The second-order valence-corrected chi connectivity index (χ2v) is 5.83. The average molecular weight is 262 g/mol.